The molecule has 0 bridgehead atoms. The van der Waals surface area contributed by atoms with E-state index in [-0.39, 0.29) is 11.6 Å². The van der Waals surface area contributed by atoms with Gasteiger partial charge in [0.25, 0.3) is 0 Å². The molecule has 4 nitrogen and oxygen atoms in total. The van der Waals surface area contributed by atoms with Gasteiger partial charge in [0.2, 0.25) is 0 Å². The first kappa shape index (κ1) is 20.7. The number of carbonyl (C=O) groups is 1. The third-order valence-corrected chi connectivity index (χ3v) is 6.61. The van der Waals surface area contributed by atoms with Crippen LogP contribution in [-0.2, 0) is 0 Å². The van der Waals surface area contributed by atoms with Crippen LogP contribution < -0.4 is 0 Å². The van der Waals surface area contributed by atoms with Gasteiger partial charge in [-0.15, -0.1) is 0 Å². The lowest BCUT2D eigenvalue weighted by Crippen LogP contribution is -2.24. The molecule has 0 N–H and O–H groups in total. The average molecular weight is 424 g/mol. The highest BCUT2D eigenvalue weighted by Crippen LogP contribution is 2.31. The number of hydrogen-bond donors (Lipinski definition) is 0. The molecule has 0 aliphatic carbocycles. The molecule has 6 heteroatoms. The van der Waals surface area contributed by atoms with E-state index in [1.54, 1.807) is 12.1 Å². The number of Topliss-reactive ketones (excluding diaryl/α,β-unsaturated/α-hetero) is 1. The van der Waals surface area contributed by atoms with Crippen molar-refractivity contribution in [2.45, 2.75) is 33.1 Å². The van der Waals surface area contributed by atoms with Gasteiger partial charge < -0.3 is 4.90 Å². The number of nitrogens with zero attached hydrogens (tertiary/aromatic N) is 3. The van der Waals surface area contributed by atoms with Gasteiger partial charge in [-0.2, -0.15) is 0 Å². The minimum Gasteiger partial charge on any atom is -0.304 e. The molecule has 0 radical (unpaired) electrons. The monoisotopic (exact) mass is 423 g/mol. The quantitative estimate of drug-likeness (QED) is 0.243. The topological polar surface area (TPSA) is 37.6 Å². The smallest absolute Gasteiger partial charge is 0.195 e. The molecule has 0 aliphatic rings. The molecule has 0 aliphatic heterocycles. The van der Waals surface area contributed by atoms with Crippen molar-refractivity contribution >= 4 is 32.3 Å². The second kappa shape index (κ2) is 9.06. The molecule has 2 aromatic heterocycles. The standard InChI is InChI=1S/C24H26FN3OS/c1-3-27(4-2)14-8-7-11-22(29)17-12-13-21-23(15-17)30-24-26-20(16-28(21)24)18-9-5-6-10-19(18)25/h5-6,9-10,12-13,15-16H,3-4,7-8,11,14H2,1-2H3. The molecule has 0 atom stereocenters. The van der Waals surface area contributed by atoms with E-state index in [0.717, 1.165) is 53.2 Å². The lowest BCUT2D eigenvalue weighted by atomic mass is 10.1. The third kappa shape index (κ3) is 4.16. The molecule has 0 saturated heterocycles. The van der Waals surface area contributed by atoms with E-state index in [2.05, 4.69) is 23.7 Å². The summed E-state index contributed by atoms with van der Waals surface area (Å²) in [6.45, 7) is 7.49. The molecule has 2 aromatic carbocycles. The number of hydrogen-bond acceptors (Lipinski definition) is 4. The van der Waals surface area contributed by atoms with Gasteiger partial charge in [-0.05, 0) is 62.8 Å². The maximum absolute atomic E-state index is 14.1. The van der Waals surface area contributed by atoms with Gasteiger partial charge in [-0.3, -0.25) is 9.20 Å². The van der Waals surface area contributed by atoms with Gasteiger partial charge in [0, 0.05) is 23.7 Å². The van der Waals surface area contributed by atoms with Gasteiger partial charge in [0.1, 0.15) is 5.82 Å². The summed E-state index contributed by atoms with van der Waals surface area (Å²) in [5.74, 6) is -0.0871. The van der Waals surface area contributed by atoms with Crippen molar-refractivity contribution in [2.75, 3.05) is 19.6 Å². The summed E-state index contributed by atoms with van der Waals surface area (Å²) >= 11 is 1.52. The Morgan fingerprint density at radius 2 is 1.93 bits per heavy atom. The molecule has 2 heterocycles. The predicted molar refractivity (Wildman–Crippen MR) is 122 cm³/mol. The molecular formula is C24H26FN3OS. The van der Waals surface area contributed by atoms with Gasteiger partial charge in [-0.25, -0.2) is 9.37 Å². The number of unbranched alkanes of at least 4 members (excludes halogenated alkanes) is 1. The summed E-state index contributed by atoms with van der Waals surface area (Å²) in [7, 11) is 0. The largest absolute Gasteiger partial charge is 0.304 e. The normalized spacial score (nSPS) is 11.7. The first-order valence-corrected chi connectivity index (χ1v) is 11.3. The van der Waals surface area contributed by atoms with Crippen LogP contribution in [-0.4, -0.2) is 39.7 Å². The Bertz CT molecular complexity index is 1180. The number of rotatable bonds is 9. The lowest BCUT2D eigenvalue weighted by Gasteiger charge is -2.17. The highest BCUT2D eigenvalue weighted by Gasteiger charge is 2.14. The van der Waals surface area contributed by atoms with Crippen LogP contribution in [0.4, 0.5) is 4.39 Å². The second-order valence-corrected chi connectivity index (χ2v) is 8.46. The second-order valence-electron chi connectivity index (χ2n) is 7.45. The van der Waals surface area contributed by atoms with Crippen molar-refractivity contribution in [3.63, 3.8) is 0 Å². The summed E-state index contributed by atoms with van der Waals surface area (Å²) < 4.78 is 17.1. The van der Waals surface area contributed by atoms with E-state index in [0.29, 0.717) is 17.7 Å². The maximum atomic E-state index is 14.1. The van der Waals surface area contributed by atoms with Crippen molar-refractivity contribution < 1.29 is 9.18 Å². The average Bonchev–Trinajstić information content (AvgIpc) is 3.31. The van der Waals surface area contributed by atoms with Crippen LogP contribution in [0.2, 0.25) is 0 Å². The third-order valence-electron chi connectivity index (χ3n) is 5.59. The Hall–Kier alpha value is -2.57. The van der Waals surface area contributed by atoms with Crippen LogP contribution in [0.15, 0.2) is 48.7 Å². The Morgan fingerprint density at radius 1 is 1.13 bits per heavy atom. The van der Waals surface area contributed by atoms with Crippen LogP contribution in [0.5, 0.6) is 0 Å². The number of imidazole rings is 1. The van der Waals surface area contributed by atoms with Crippen molar-refractivity contribution in [3.05, 3.63) is 60.0 Å². The van der Waals surface area contributed by atoms with Crippen molar-refractivity contribution in [2.24, 2.45) is 0 Å². The fraction of sp³-hybridized carbons (Fsp3) is 0.333. The summed E-state index contributed by atoms with van der Waals surface area (Å²) in [6, 6.07) is 12.5. The predicted octanol–water partition coefficient (Wildman–Crippen LogP) is 6.05. The van der Waals surface area contributed by atoms with Crippen LogP contribution >= 0.6 is 11.3 Å². The Balaban J connectivity index is 1.49. The first-order valence-electron chi connectivity index (χ1n) is 10.5. The number of carbonyl (C=O) groups excluding carboxylic acids is 1. The fourth-order valence-electron chi connectivity index (χ4n) is 3.78. The van der Waals surface area contributed by atoms with E-state index in [4.69, 9.17) is 0 Å². The molecule has 0 amide bonds. The SMILES string of the molecule is CCN(CC)CCCCC(=O)c1ccc2c(c1)sc1nc(-c3ccccc3F)cn12. The van der Waals surface area contributed by atoms with Crippen molar-refractivity contribution in [1.82, 2.24) is 14.3 Å². The lowest BCUT2D eigenvalue weighted by molar-refractivity contribution is 0.0978. The Morgan fingerprint density at radius 3 is 2.70 bits per heavy atom. The van der Waals surface area contributed by atoms with E-state index < -0.39 is 0 Å². The number of fused-ring (bicyclic) bond motifs is 3. The van der Waals surface area contributed by atoms with E-state index >= 15 is 0 Å². The van der Waals surface area contributed by atoms with E-state index in [9.17, 15) is 9.18 Å². The Labute approximate surface area is 180 Å². The number of thiazole rings is 1. The molecule has 0 spiro atoms. The fourth-order valence-corrected chi connectivity index (χ4v) is 4.83. The summed E-state index contributed by atoms with van der Waals surface area (Å²) in [5, 5.41) is 0. The summed E-state index contributed by atoms with van der Waals surface area (Å²) in [6.07, 6.45) is 4.39. The minimum absolute atomic E-state index is 0.189. The highest BCUT2D eigenvalue weighted by molar-refractivity contribution is 7.23. The van der Waals surface area contributed by atoms with Gasteiger partial charge in [-0.1, -0.05) is 37.3 Å². The minimum atomic E-state index is -0.276. The molecule has 4 aromatic rings. The van der Waals surface area contributed by atoms with Gasteiger partial charge >= 0.3 is 0 Å². The molecule has 0 fully saturated rings. The van der Waals surface area contributed by atoms with Crippen LogP contribution in [0, 0.1) is 5.82 Å². The molecule has 0 unspecified atom stereocenters. The molecule has 4 rings (SSSR count). The van der Waals surface area contributed by atoms with Gasteiger partial charge in [0.15, 0.2) is 10.7 Å². The zero-order valence-corrected chi connectivity index (χ0v) is 18.2. The maximum Gasteiger partial charge on any atom is 0.195 e. The zero-order chi connectivity index (χ0) is 21.1. The van der Waals surface area contributed by atoms with Crippen LogP contribution in [0.25, 0.3) is 26.4 Å². The number of halogens is 1. The number of aromatic nitrogens is 2. The zero-order valence-electron chi connectivity index (χ0n) is 17.4. The van der Waals surface area contributed by atoms with E-state index in [1.807, 2.05) is 34.9 Å². The summed E-state index contributed by atoms with van der Waals surface area (Å²) in [4.78, 5) is 20.4. The summed E-state index contributed by atoms with van der Waals surface area (Å²) in [5.41, 5.74) is 2.86. The highest BCUT2D eigenvalue weighted by atomic mass is 32.1. The Kier molecular flexibility index (Phi) is 6.25. The van der Waals surface area contributed by atoms with E-state index in [1.165, 1.54) is 17.4 Å². The van der Waals surface area contributed by atoms with Crippen molar-refractivity contribution in [3.8, 4) is 11.3 Å². The molecule has 30 heavy (non-hydrogen) atoms. The number of ketones is 1. The van der Waals surface area contributed by atoms with Crippen molar-refractivity contribution in [1.29, 1.82) is 0 Å². The molecular weight excluding hydrogens is 397 g/mol. The van der Waals surface area contributed by atoms with Gasteiger partial charge in [0.05, 0.1) is 15.9 Å². The van der Waals surface area contributed by atoms with Crippen LogP contribution in [0.1, 0.15) is 43.5 Å². The molecule has 156 valence electrons. The molecule has 0 saturated carbocycles. The number of benzene rings is 2. The van der Waals surface area contributed by atoms with Crippen LogP contribution in [0.3, 0.4) is 0 Å². The first-order chi connectivity index (χ1) is 14.6.